The van der Waals surface area contributed by atoms with Crippen LogP contribution < -0.4 is 9.80 Å². The molecule has 4 heterocycles. The van der Waals surface area contributed by atoms with Crippen molar-refractivity contribution in [2.75, 3.05) is 42.7 Å². The number of rotatable bonds is 7. The third kappa shape index (κ3) is 5.50. The smallest absolute Gasteiger partial charge is 0.155 e. The summed E-state index contributed by atoms with van der Waals surface area (Å²) in [5.74, 6) is 1.93. The van der Waals surface area contributed by atoms with Crippen LogP contribution in [0.4, 0.5) is 17.3 Å². The summed E-state index contributed by atoms with van der Waals surface area (Å²) in [6.07, 6.45) is 6.23. The predicted molar refractivity (Wildman–Crippen MR) is 137 cm³/mol. The van der Waals surface area contributed by atoms with Crippen LogP contribution >= 0.6 is 22.6 Å². The van der Waals surface area contributed by atoms with Crippen LogP contribution in [-0.4, -0.2) is 61.8 Å². The minimum absolute atomic E-state index is 0.331. The molecule has 0 N–H and O–H groups in total. The monoisotopic (exact) mass is 553 g/mol. The van der Waals surface area contributed by atoms with Crippen molar-refractivity contribution in [1.82, 2.24) is 14.8 Å². The van der Waals surface area contributed by atoms with Gasteiger partial charge in [-0.05, 0) is 41.6 Å². The molecule has 0 amide bonds. The summed E-state index contributed by atoms with van der Waals surface area (Å²) in [6, 6.07) is 5.75. The molecule has 0 spiro atoms. The Morgan fingerprint density at radius 1 is 1.29 bits per heavy atom. The summed E-state index contributed by atoms with van der Waals surface area (Å²) in [5.41, 5.74) is 2.30. The van der Waals surface area contributed by atoms with Crippen molar-refractivity contribution in [3.8, 4) is 0 Å². The number of ether oxygens (including phenoxy) is 2. The van der Waals surface area contributed by atoms with Crippen LogP contribution in [0.2, 0.25) is 25.7 Å². The van der Waals surface area contributed by atoms with Crippen LogP contribution in [0.15, 0.2) is 30.6 Å². The normalized spacial score (nSPS) is 19.4. The first-order valence-electron chi connectivity index (χ1n) is 10.9. The van der Waals surface area contributed by atoms with E-state index in [2.05, 4.69) is 77.2 Å². The molecule has 7 nitrogen and oxygen atoms in total. The van der Waals surface area contributed by atoms with Gasteiger partial charge in [-0.1, -0.05) is 25.7 Å². The average Bonchev–Trinajstić information content (AvgIpc) is 3.20. The first-order valence-corrected chi connectivity index (χ1v) is 15.7. The molecular formula is C22H32IN5O2Si. The first kappa shape index (κ1) is 22.7. The maximum Gasteiger partial charge on any atom is 0.155 e. The van der Waals surface area contributed by atoms with E-state index in [0.717, 1.165) is 50.2 Å². The van der Waals surface area contributed by atoms with Gasteiger partial charge in [-0.25, -0.2) is 9.67 Å². The Morgan fingerprint density at radius 3 is 2.90 bits per heavy atom. The third-order valence-electron chi connectivity index (χ3n) is 5.65. The van der Waals surface area contributed by atoms with Gasteiger partial charge in [0.25, 0.3) is 0 Å². The summed E-state index contributed by atoms with van der Waals surface area (Å²) >= 11 is 2.43. The summed E-state index contributed by atoms with van der Waals surface area (Å²) < 4.78 is 14.6. The van der Waals surface area contributed by atoms with Crippen molar-refractivity contribution in [1.29, 1.82) is 0 Å². The highest BCUT2D eigenvalue weighted by Gasteiger charge is 2.25. The minimum Gasteiger partial charge on any atom is -0.377 e. The van der Waals surface area contributed by atoms with Gasteiger partial charge in [0.15, 0.2) is 5.82 Å². The van der Waals surface area contributed by atoms with Gasteiger partial charge in [0.2, 0.25) is 0 Å². The van der Waals surface area contributed by atoms with Crippen molar-refractivity contribution >= 4 is 51.6 Å². The summed E-state index contributed by atoms with van der Waals surface area (Å²) in [7, 11) is -1.07. The van der Waals surface area contributed by atoms with Crippen LogP contribution in [0.1, 0.15) is 12.5 Å². The number of hydrogen-bond acceptors (Lipinski definition) is 6. The number of hydrogen-bond donors (Lipinski definition) is 0. The molecular weight excluding hydrogens is 521 g/mol. The Kier molecular flexibility index (Phi) is 7.04. The summed E-state index contributed by atoms with van der Waals surface area (Å²) in [4.78, 5) is 9.36. The van der Waals surface area contributed by atoms with Crippen LogP contribution in [0.3, 0.4) is 0 Å². The predicted octanol–water partition coefficient (Wildman–Crippen LogP) is 4.74. The van der Waals surface area contributed by atoms with Gasteiger partial charge >= 0.3 is 0 Å². The van der Waals surface area contributed by atoms with Crippen LogP contribution in [0.5, 0.6) is 0 Å². The topological polar surface area (TPSA) is 55.7 Å². The lowest BCUT2D eigenvalue weighted by Gasteiger charge is -2.35. The molecule has 9 heteroatoms. The average molecular weight is 554 g/mol. The van der Waals surface area contributed by atoms with E-state index >= 15 is 0 Å². The zero-order valence-electron chi connectivity index (χ0n) is 18.8. The highest BCUT2D eigenvalue weighted by molar-refractivity contribution is 14.1. The molecule has 0 unspecified atom stereocenters. The van der Waals surface area contributed by atoms with Gasteiger partial charge in [0.1, 0.15) is 12.5 Å². The fourth-order valence-electron chi connectivity index (χ4n) is 3.77. The van der Waals surface area contributed by atoms with Crippen LogP contribution in [0.25, 0.3) is 3.58 Å². The lowest BCUT2D eigenvalue weighted by Crippen LogP contribution is -2.44. The van der Waals surface area contributed by atoms with E-state index in [9.17, 15) is 0 Å². The molecule has 4 rings (SSSR count). The second kappa shape index (κ2) is 9.59. The third-order valence-corrected chi connectivity index (χ3v) is 8.38. The fraction of sp³-hybridized carbons (Fsp3) is 0.545. The van der Waals surface area contributed by atoms with Gasteiger partial charge < -0.3 is 19.3 Å². The van der Waals surface area contributed by atoms with Crippen LogP contribution in [-0.2, 0) is 16.2 Å². The molecule has 2 aliphatic rings. The molecule has 0 aromatic carbocycles. The number of aromatic nitrogens is 3. The Hall–Kier alpha value is -1.43. The quantitative estimate of drug-likeness (QED) is 0.281. The molecule has 2 aliphatic heterocycles. The number of fused-ring (bicyclic) bond motifs is 1. The highest BCUT2D eigenvalue weighted by atomic mass is 127. The van der Waals surface area contributed by atoms with E-state index in [4.69, 9.17) is 19.6 Å². The van der Waals surface area contributed by atoms with E-state index < -0.39 is 8.07 Å². The maximum absolute atomic E-state index is 5.85. The van der Waals surface area contributed by atoms with Crippen molar-refractivity contribution < 1.29 is 9.47 Å². The molecule has 0 saturated carbocycles. The second-order valence-corrected chi connectivity index (χ2v) is 16.2. The Labute approximate surface area is 199 Å². The first-order chi connectivity index (χ1) is 14.8. The Bertz CT molecular complexity index is 942. The maximum atomic E-state index is 5.85. The van der Waals surface area contributed by atoms with Crippen molar-refractivity contribution in [2.24, 2.45) is 0 Å². The van der Waals surface area contributed by atoms with Crippen molar-refractivity contribution in [3.63, 3.8) is 0 Å². The van der Waals surface area contributed by atoms with Crippen molar-refractivity contribution in [2.45, 2.75) is 45.4 Å². The lowest BCUT2D eigenvalue weighted by molar-refractivity contribution is 0.0787. The molecule has 0 radical (unpaired) electrons. The number of anilines is 3. The lowest BCUT2D eigenvalue weighted by atomic mass is 10.1. The highest BCUT2D eigenvalue weighted by Crippen LogP contribution is 2.39. The molecule has 0 bridgehead atoms. The zero-order valence-corrected chi connectivity index (χ0v) is 22.0. The van der Waals surface area contributed by atoms with Crippen molar-refractivity contribution in [3.05, 3.63) is 36.2 Å². The second-order valence-electron chi connectivity index (χ2n) is 9.40. The van der Waals surface area contributed by atoms with E-state index in [-0.39, 0.29) is 0 Å². The van der Waals surface area contributed by atoms with Gasteiger partial charge in [-0.2, -0.15) is 5.10 Å². The Morgan fingerprint density at radius 2 is 2.13 bits per heavy atom. The minimum atomic E-state index is -1.07. The number of morpholine rings is 1. The zero-order chi connectivity index (χ0) is 22.0. The molecule has 168 valence electrons. The Balaban J connectivity index is 1.49. The fourth-order valence-corrected chi connectivity index (χ4v) is 5.15. The standard InChI is InChI=1S/C22H32IN5O2Si/c1-17-15-29-10-9-27(17)22-13-18-19(23)5-8-28(20(18)14-24-22)21-6-7-26(25-21)16-30-11-12-31(2,3)4/h5-7,13-14,17H,8-12,15-16H2,1-4H3/t17-/m1/s1. The molecule has 1 atom stereocenters. The SMILES string of the molecule is C[C@@H]1COCCN1c1cc2c(cn1)N(c1ccn(COCC[Si](C)(C)C)n1)CC=C2I. The molecule has 2 aromatic rings. The van der Waals surface area contributed by atoms with Crippen LogP contribution in [0, 0.1) is 0 Å². The molecule has 1 saturated heterocycles. The molecule has 31 heavy (non-hydrogen) atoms. The van der Waals surface area contributed by atoms with E-state index in [0.29, 0.717) is 12.8 Å². The summed E-state index contributed by atoms with van der Waals surface area (Å²) in [5, 5.41) is 4.76. The summed E-state index contributed by atoms with van der Waals surface area (Å²) in [6.45, 7) is 13.7. The van der Waals surface area contributed by atoms with Gasteiger partial charge in [0.05, 0.1) is 31.1 Å². The molecule has 2 aromatic heterocycles. The van der Waals surface area contributed by atoms with Gasteiger partial charge in [-0.15, -0.1) is 0 Å². The van der Waals surface area contributed by atoms with E-state index in [1.54, 1.807) is 0 Å². The van der Waals surface area contributed by atoms with Gasteiger partial charge in [0, 0.05) is 49.2 Å². The van der Waals surface area contributed by atoms with Gasteiger partial charge in [-0.3, -0.25) is 0 Å². The number of nitrogens with zero attached hydrogens (tertiary/aromatic N) is 5. The number of halogens is 1. The van der Waals surface area contributed by atoms with E-state index in [1.807, 2.05) is 17.1 Å². The largest absolute Gasteiger partial charge is 0.377 e. The number of pyridine rings is 1. The molecule has 1 fully saturated rings. The molecule has 0 aliphatic carbocycles. The van der Waals surface area contributed by atoms with E-state index in [1.165, 1.54) is 15.2 Å².